The fourth-order valence-corrected chi connectivity index (χ4v) is 2.82. The molecule has 1 aromatic heterocycles. The van der Waals surface area contributed by atoms with E-state index < -0.39 is 0 Å². The first-order valence-corrected chi connectivity index (χ1v) is 7.36. The first-order valence-electron chi connectivity index (χ1n) is 6.38. The number of aromatic nitrogens is 2. The molecule has 18 heavy (non-hydrogen) atoms. The van der Waals surface area contributed by atoms with Crippen molar-refractivity contribution in [2.24, 2.45) is 10.9 Å². The van der Waals surface area contributed by atoms with Crippen molar-refractivity contribution in [1.29, 1.82) is 0 Å². The molecule has 1 unspecified atom stereocenters. The van der Waals surface area contributed by atoms with Crippen LogP contribution in [0, 0.1) is 12.8 Å². The van der Waals surface area contributed by atoms with Crippen LogP contribution in [0.3, 0.4) is 0 Å². The van der Waals surface area contributed by atoms with Crippen LogP contribution >= 0.6 is 11.8 Å². The number of nitrogens with one attached hydrogen (secondary N) is 1. The second kappa shape index (κ2) is 6.22. The fourth-order valence-electron chi connectivity index (χ4n) is 1.84. The van der Waals surface area contributed by atoms with Crippen molar-refractivity contribution < 1.29 is 4.52 Å². The minimum Gasteiger partial charge on any atom is -0.362 e. The maximum absolute atomic E-state index is 5.06. The topological polar surface area (TPSA) is 63.3 Å². The van der Waals surface area contributed by atoms with E-state index in [9.17, 15) is 0 Å². The van der Waals surface area contributed by atoms with Gasteiger partial charge in [-0.05, 0) is 19.3 Å². The zero-order chi connectivity index (χ0) is 13.0. The lowest BCUT2D eigenvalue weighted by molar-refractivity contribution is 0.376. The number of nitrogens with zero attached hydrogens (tertiary/aromatic N) is 3. The summed E-state index contributed by atoms with van der Waals surface area (Å²) in [5, 5.41) is 8.30. The largest absolute Gasteiger partial charge is 0.362 e. The van der Waals surface area contributed by atoms with Crippen LogP contribution in [0.4, 0.5) is 0 Å². The SMILES string of the molecule is Cc1noc(CCN=C2NC(C(C)C)CCS2)n1. The number of thioether (sulfide) groups is 1. The minimum absolute atomic E-state index is 0.552. The third kappa shape index (κ3) is 3.73. The van der Waals surface area contributed by atoms with Crippen molar-refractivity contribution >= 4 is 16.9 Å². The summed E-state index contributed by atoms with van der Waals surface area (Å²) in [4.78, 5) is 8.72. The van der Waals surface area contributed by atoms with E-state index in [4.69, 9.17) is 4.52 Å². The Kier molecular flexibility index (Phi) is 4.63. The van der Waals surface area contributed by atoms with Crippen LogP contribution in [0.1, 0.15) is 32.0 Å². The maximum atomic E-state index is 5.06. The van der Waals surface area contributed by atoms with Gasteiger partial charge in [-0.1, -0.05) is 30.8 Å². The Bertz CT molecular complexity index is 416. The van der Waals surface area contributed by atoms with Crippen LogP contribution in [0.25, 0.3) is 0 Å². The minimum atomic E-state index is 0.552. The predicted octanol–water partition coefficient (Wildman–Crippen LogP) is 2.03. The number of aryl methyl sites for hydroxylation is 1. The first-order chi connectivity index (χ1) is 8.65. The van der Waals surface area contributed by atoms with Gasteiger partial charge >= 0.3 is 0 Å². The molecule has 100 valence electrons. The highest BCUT2D eigenvalue weighted by atomic mass is 32.2. The number of amidine groups is 1. The number of hydrogen-bond donors (Lipinski definition) is 1. The first kappa shape index (κ1) is 13.4. The van der Waals surface area contributed by atoms with Gasteiger partial charge in [0.05, 0.1) is 6.54 Å². The quantitative estimate of drug-likeness (QED) is 0.905. The van der Waals surface area contributed by atoms with Crippen LogP contribution in [-0.4, -0.2) is 33.6 Å². The van der Waals surface area contributed by atoms with Crippen molar-refractivity contribution in [1.82, 2.24) is 15.5 Å². The Morgan fingerprint density at radius 2 is 2.39 bits per heavy atom. The van der Waals surface area contributed by atoms with E-state index in [1.807, 2.05) is 6.92 Å². The van der Waals surface area contributed by atoms with Gasteiger partial charge in [0.2, 0.25) is 5.89 Å². The average Bonchev–Trinajstić information content (AvgIpc) is 2.75. The number of rotatable bonds is 4. The standard InChI is InChI=1S/C12H20N4OS/c1-8(2)10-5-7-18-12(15-10)13-6-4-11-14-9(3)16-17-11/h8,10H,4-7H2,1-3H3,(H,13,15). The Labute approximate surface area is 112 Å². The maximum Gasteiger partial charge on any atom is 0.228 e. The second-order valence-electron chi connectivity index (χ2n) is 4.80. The molecule has 0 amide bonds. The van der Waals surface area contributed by atoms with E-state index in [0.29, 0.717) is 36.6 Å². The zero-order valence-electron chi connectivity index (χ0n) is 11.1. The summed E-state index contributed by atoms with van der Waals surface area (Å²) in [7, 11) is 0. The summed E-state index contributed by atoms with van der Waals surface area (Å²) < 4.78 is 5.06. The molecule has 0 bridgehead atoms. The van der Waals surface area contributed by atoms with Gasteiger partial charge in [0.25, 0.3) is 0 Å². The Balaban J connectivity index is 1.82. The smallest absolute Gasteiger partial charge is 0.228 e. The Morgan fingerprint density at radius 3 is 3.06 bits per heavy atom. The molecule has 5 nitrogen and oxygen atoms in total. The van der Waals surface area contributed by atoms with Crippen LogP contribution < -0.4 is 5.32 Å². The molecular weight excluding hydrogens is 248 g/mol. The second-order valence-corrected chi connectivity index (χ2v) is 5.89. The van der Waals surface area contributed by atoms with E-state index in [-0.39, 0.29) is 0 Å². The summed E-state index contributed by atoms with van der Waals surface area (Å²) in [5.74, 6) is 3.14. The normalized spacial score (nSPS) is 22.4. The van der Waals surface area contributed by atoms with Gasteiger partial charge in [0, 0.05) is 18.2 Å². The van der Waals surface area contributed by atoms with Crippen LogP contribution in [0.2, 0.25) is 0 Å². The predicted molar refractivity (Wildman–Crippen MR) is 73.9 cm³/mol. The van der Waals surface area contributed by atoms with Gasteiger partial charge in [-0.2, -0.15) is 4.98 Å². The van der Waals surface area contributed by atoms with Crippen molar-refractivity contribution in [3.8, 4) is 0 Å². The highest BCUT2D eigenvalue weighted by molar-refractivity contribution is 8.13. The number of aliphatic imine (C=N–C) groups is 1. The van der Waals surface area contributed by atoms with Gasteiger partial charge in [-0.25, -0.2) is 0 Å². The van der Waals surface area contributed by atoms with Crippen molar-refractivity contribution in [2.75, 3.05) is 12.3 Å². The van der Waals surface area contributed by atoms with E-state index in [1.54, 1.807) is 11.8 Å². The van der Waals surface area contributed by atoms with Crippen LogP contribution in [-0.2, 0) is 6.42 Å². The fraction of sp³-hybridized carbons (Fsp3) is 0.750. The molecule has 0 aromatic carbocycles. The van der Waals surface area contributed by atoms with Crippen LogP contribution in [0.15, 0.2) is 9.52 Å². The highest BCUT2D eigenvalue weighted by Crippen LogP contribution is 2.18. The molecule has 0 saturated carbocycles. The van der Waals surface area contributed by atoms with E-state index in [1.165, 1.54) is 6.42 Å². The molecule has 1 N–H and O–H groups in total. The average molecular weight is 268 g/mol. The van der Waals surface area contributed by atoms with Crippen molar-refractivity contribution in [3.63, 3.8) is 0 Å². The lowest BCUT2D eigenvalue weighted by Gasteiger charge is -2.28. The number of hydrogen-bond acceptors (Lipinski definition) is 5. The van der Waals surface area contributed by atoms with Gasteiger partial charge < -0.3 is 9.84 Å². The molecular formula is C12H20N4OS. The zero-order valence-corrected chi connectivity index (χ0v) is 12.0. The van der Waals surface area contributed by atoms with Crippen molar-refractivity contribution in [2.45, 2.75) is 39.7 Å². The molecule has 1 atom stereocenters. The van der Waals surface area contributed by atoms with Gasteiger partial charge in [0.1, 0.15) is 0 Å². The summed E-state index contributed by atoms with van der Waals surface area (Å²) in [6, 6.07) is 0.552. The highest BCUT2D eigenvalue weighted by Gasteiger charge is 2.19. The van der Waals surface area contributed by atoms with Gasteiger partial charge in [-0.15, -0.1) is 0 Å². The van der Waals surface area contributed by atoms with Gasteiger partial charge in [-0.3, -0.25) is 4.99 Å². The molecule has 2 heterocycles. The lowest BCUT2D eigenvalue weighted by atomic mass is 10.0. The third-order valence-corrected chi connectivity index (χ3v) is 3.89. The Hall–Kier alpha value is -1.04. The van der Waals surface area contributed by atoms with E-state index >= 15 is 0 Å². The summed E-state index contributed by atoms with van der Waals surface area (Å²) in [5.41, 5.74) is 0. The monoisotopic (exact) mass is 268 g/mol. The Morgan fingerprint density at radius 1 is 1.56 bits per heavy atom. The summed E-state index contributed by atoms with van der Waals surface area (Å²) >= 11 is 1.80. The summed E-state index contributed by atoms with van der Waals surface area (Å²) in [6.45, 7) is 7.01. The lowest BCUT2D eigenvalue weighted by Crippen LogP contribution is -2.41. The molecule has 2 rings (SSSR count). The molecule has 1 aliphatic rings. The van der Waals surface area contributed by atoms with Gasteiger partial charge in [0.15, 0.2) is 11.0 Å². The molecule has 6 heteroatoms. The van der Waals surface area contributed by atoms with Crippen molar-refractivity contribution in [3.05, 3.63) is 11.7 Å². The molecule has 1 aliphatic heterocycles. The molecule has 0 radical (unpaired) electrons. The molecule has 0 aliphatic carbocycles. The molecule has 1 aromatic rings. The molecule has 1 fully saturated rings. The third-order valence-electron chi connectivity index (χ3n) is 2.93. The van der Waals surface area contributed by atoms with E-state index in [0.717, 1.165) is 10.9 Å². The summed E-state index contributed by atoms with van der Waals surface area (Å²) in [6.07, 6.45) is 1.92. The van der Waals surface area contributed by atoms with E-state index in [2.05, 4.69) is 34.3 Å². The van der Waals surface area contributed by atoms with Crippen LogP contribution in [0.5, 0.6) is 0 Å². The molecule has 1 saturated heterocycles. The molecule has 0 spiro atoms.